The number of nitrogens with one attached hydrogen (secondary N) is 1. The van der Waals surface area contributed by atoms with Crippen LogP contribution in [0.2, 0.25) is 0 Å². The zero-order chi connectivity index (χ0) is 17.7. The molecule has 24 heavy (non-hydrogen) atoms. The molecule has 0 saturated heterocycles. The number of aliphatic hydroxyl groups excluding tert-OH is 1. The smallest absolute Gasteiger partial charge is 0.222 e. The lowest BCUT2D eigenvalue weighted by atomic mass is 10.4. The van der Waals surface area contributed by atoms with Crippen LogP contribution in [-0.2, 0) is 28.5 Å². The molecule has 0 heterocycles. The van der Waals surface area contributed by atoms with Gasteiger partial charge in [0, 0.05) is 17.4 Å². The molecule has 0 aliphatic rings. The number of carbonyl (C=O) groups excluding carboxylic acids is 1. The quantitative estimate of drug-likeness (QED) is 0.158. The molecule has 8 nitrogen and oxygen atoms in total. The Hall–Kier alpha value is -0.0400. The maximum absolute atomic E-state index is 11.3. The van der Waals surface area contributed by atoms with Crippen molar-refractivity contribution in [1.82, 2.24) is 5.32 Å². The zero-order valence-corrected chi connectivity index (χ0v) is 16.3. The number of rotatable bonds is 19. The minimum Gasteiger partial charge on any atom is -0.394 e. The van der Waals surface area contributed by atoms with Crippen LogP contribution in [0.5, 0.6) is 0 Å². The molecule has 0 bridgehead atoms. The Morgan fingerprint density at radius 1 is 0.750 bits per heavy atom. The molecule has 0 aliphatic heterocycles. The summed E-state index contributed by atoms with van der Waals surface area (Å²) >= 11 is 2.21. The van der Waals surface area contributed by atoms with Crippen LogP contribution in [0.4, 0.5) is 0 Å². The van der Waals surface area contributed by atoms with Gasteiger partial charge in [-0.05, 0) is 0 Å². The van der Waals surface area contributed by atoms with Crippen LogP contribution >= 0.6 is 22.6 Å². The maximum atomic E-state index is 11.3. The fraction of sp³-hybridized carbons (Fsp3) is 0.933. The molecule has 0 radical (unpaired) electrons. The second-order valence-corrected chi connectivity index (χ2v) is 5.65. The molecule has 0 atom stereocenters. The fourth-order valence-corrected chi connectivity index (χ4v) is 1.76. The maximum Gasteiger partial charge on any atom is 0.222 e. The third-order valence-electron chi connectivity index (χ3n) is 2.61. The van der Waals surface area contributed by atoms with E-state index in [9.17, 15) is 4.79 Å². The summed E-state index contributed by atoms with van der Waals surface area (Å²) in [6.07, 6.45) is 0.380. The van der Waals surface area contributed by atoms with Gasteiger partial charge in [-0.2, -0.15) is 0 Å². The highest BCUT2D eigenvalue weighted by Gasteiger charge is 1.99. The van der Waals surface area contributed by atoms with Gasteiger partial charge in [0.25, 0.3) is 0 Å². The van der Waals surface area contributed by atoms with Crippen molar-refractivity contribution < 1.29 is 33.6 Å². The predicted molar refractivity (Wildman–Crippen MR) is 97.7 cm³/mol. The van der Waals surface area contributed by atoms with Crippen molar-refractivity contribution in [2.75, 3.05) is 83.6 Å². The first-order valence-corrected chi connectivity index (χ1v) is 9.66. The highest BCUT2D eigenvalue weighted by atomic mass is 127. The zero-order valence-electron chi connectivity index (χ0n) is 14.2. The van der Waals surface area contributed by atoms with Crippen molar-refractivity contribution in [3.8, 4) is 0 Å². The van der Waals surface area contributed by atoms with Gasteiger partial charge in [-0.15, -0.1) is 0 Å². The van der Waals surface area contributed by atoms with Gasteiger partial charge in [0.1, 0.15) is 0 Å². The molecule has 0 spiro atoms. The molecule has 0 aliphatic carbocycles. The lowest BCUT2D eigenvalue weighted by Crippen LogP contribution is -2.26. The fourth-order valence-electron chi connectivity index (χ4n) is 1.49. The first-order valence-electron chi connectivity index (χ1n) is 8.13. The van der Waals surface area contributed by atoms with Gasteiger partial charge in [-0.3, -0.25) is 4.79 Å². The molecule has 0 aromatic carbocycles. The van der Waals surface area contributed by atoms with E-state index in [2.05, 4.69) is 27.9 Å². The summed E-state index contributed by atoms with van der Waals surface area (Å²) in [4.78, 5) is 11.3. The lowest BCUT2D eigenvalue weighted by Gasteiger charge is -2.08. The number of halogens is 1. The first kappa shape index (κ1) is 24.0. The van der Waals surface area contributed by atoms with Gasteiger partial charge in [0.05, 0.1) is 72.7 Å². The minimum absolute atomic E-state index is 0.0168. The molecule has 144 valence electrons. The highest BCUT2D eigenvalue weighted by molar-refractivity contribution is 14.1. The Kier molecular flexibility index (Phi) is 21.0. The topological polar surface area (TPSA) is 95.5 Å². The van der Waals surface area contributed by atoms with Crippen molar-refractivity contribution in [3.63, 3.8) is 0 Å². The summed E-state index contributed by atoms with van der Waals surface area (Å²) in [6.45, 7) is 5.41. The average Bonchev–Trinajstić information content (AvgIpc) is 2.59. The van der Waals surface area contributed by atoms with Gasteiger partial charge in [0.15, 0.2) is 0 Å². The SMILES string of the molecule is O=C(CCOCCOCCOCCOCCOCCO)NCCI. The summed E-state index contributed by atoms with van der Waals surface area (Å²) in [5, 5.41) is 11.3. The van der Waals surface area contributed by atoms with Crippen LogP contribution in [-0.4, -0.2) is 94.7 Å². The van der Waals surface area contributed by atoms with E-state index in [-0.39, 0.29) is 12.5 Å². The largest absolute Gasteiger partial charge is 0.394 e. The van der Waals surface area contributed by atoms with E-state index >= 15 is 0 Å². The molecular weight excluding hydrogens is 433 g/mol. The Morgan fingerprint density at radius 2 is 1.17 bits per heavy atom. The number of alkyl halides is 1. The van der Waals surface area contributed by atoms with E-state index in [1.807, 2.05) is 0 Å². The molecule has 0 aromatic rings. The average molecular weight is 463 g/mol. The number of aliphatic hydroxyl groups is 1. The molecular formula is C15H30INO7. The molecule has 0 saturated carbocycles. The van der Waals surface area contributed by atoms with Gasteiger partial charge < -0.3 is 34.1 Å². The van der Waals surface area contributed by atoms with Gasteiger partial charge in [-0.1, -0.05) is 22.6 Å². The summed E-state index contributed by atoms with van der Waals surface area (Å²) in [7, 11) is 0. The van der Waals surface area contributed by atoms with E-state index in [1.54, 1.807) is 0 Å². The Labute approximate surface area is 157 Å². The van der Waals surface area contributed by atoms with E-state index < -0.39 is 0 Å². The number of ether oxygens (including phenoxy) is 5. The molecule has 0 unspecified atom stereocenters. The standard InChI is InChI=1S/C15H30INO7/c16-2-3-17-15(19)1-5-20-7-9-22-11-13-24-14-12-23-10-8-21-6-4-18/h18H,1-14H2,(H,17,19). The van der Waals surface area contributed by atoms with Crippen LogP contribution < -0.4 is 5.32 Å². The first-order chi connectivity index (χ1) is 11.8. The van der Waals surface area contributed by atoms with Crippen molar-refractivity contribution in [2.45, 2.75) is 6.42 Å². The van der Waals surface area contributed by atoms with Crippen LogP contribution in [0.25, 0.3) is 0 Å². The molecule has 0 aromatic heterocycles. The normalized spacial score (nSPS) is 10.9. The predicted octanol–water partition coefficient (Wildman–Crippen LogP) is 0.00300. The minimum atomic E-state index is 0.0168. The van der Waals surface area contributed by atoms with Crippen LogP contribution in [0.1, 0.15) is 6.42 Å². The molecule has 0 rings (SSSR count). The monoisotopic (exact) mass is 463 g/mol. The number of hydrogen-bond acceptors (Lipinski definition) is 7. The summed E-state index contributed by atoms with van der Waals surface area (Å²) in [6, 6.07) is 0. The molecule has 2 N–H and O–H groups in total. The van der Waals surface area contributed by atoms with Crippen LogP contribution in [0.15, 0.2) is 0 Å². The third kappa shape index (κ3) is 20.0. The van der Waals surface area contributed by atoms with Gasteiger partial charge in [0.2, 0.25) is 5.91 Å². The van der Waals surface area contributed by atoms with Crippen molar-refractivity contribution in [2.24, 2.45) is 0 Å². The number of hydrogen-bond donors (Lipinski definition) is 2. The Bertz CT molecular complexity index is 272. The van der Waals surface area contributed by atoms with E-state index in [1.165, 1.54) is 0 Å². The summed E-state index contributed by atoms with van der Waals surface area (Å²) in [5.74, 6) is 0.0168. The van der Waals surface area contributed by atoms with Gasteiger partial charge in [-0.25, -0.2) is 0 Å². The summed E-state index contributed by atoms with van der Waals surface area (Å²) < 4.78 is 27.2. The molecule has 1 amide bonds. The van der Waals surface area contributed by atoms with Gasteiger partial charge >= 0.3 is 0 Å². The van der Waals surface area contributed by atoms with E-state index in [0.29, 0.717) is 79.0 Å². The molecule has 9 heteroatoms. The number of carbonyl (C=O) groups is 1. The van der Waals surface area contributed by atoms with Crippen molar-refractivity contribution in [1.29, 1.82) is 0 Å². The second kappa shape index (κ2) is 21.0. The number of amides is 1. The Balaban J connectivity index is 3.04. The third-order valence-corrected chi connectivity index (χ3v) is 3.15. The van der Waals surface area contributed by atoms with E-state index in [0.717, 1.165) is 4.43 Å². The highest BCUT2D eigenvalue weighted by Crippen LogP contribution is 1.87. The lowest BCUT2D eigenvalue weighted by molar-refractivity contribution is -0.122. The second-order valence-electron chi connectivity index (χ2n) is 4.57. The van der Waals surface area contributed by atoms with Crippen LogP contribution in [0, 0.1) is 0 Å². The van der Waals surface area contributed by atoms with Crippen molar-refractivity contribution in [3.05, 3.63) is 0 Å². The molecule has 0 fully saturated rings. The van der Waals surface area contributed by atoms with E-state index in [4.69, 9.17) is 28.8 Å². The summed E-state index contributed by atoms with van der Waals surface area (Å²) in [5.41, 5.74) is 0. The van der Waals surface area contributed by atoms with Crippen LogP contribution in [0.3, 0.4) is 0 Å². The van der Waals surface area contributed by atoms with Crippen molar-refractivity contribution >= 4 is 28.5 Å². The Morgan fingerprint density at radius 3 is 1.58 bits per heavy atom.